The van der Waals surface area contributed by atoms with Gasteiger partial charge in [0.1, 0.15) is 0 Å². The molecule has 126 valence electrons. The van der Waals surface area contributed by atoms with Gasteiger partial charge in [0.25, 0.3) is 0 Å². The number of aromatic nitrogens is 2. The van der Waals surface area contributed by atoms with Gasteiger partial charge in [0.05, 0.1) is 25.0 Å². The van der Waals surface area contributed by atoms with Crippen LogP contribution in [0.5, 0.6) is 0 Å². The lowest BCUT2D eigenvalue weighted by atomic mass is 9.94. The van der Waals surface area contributed by atoms with E-state index in [2.05, 4.69) is 5.10 Å². The number of nitrogens with zero attached hydrogens (tertiary/aromatic N) is 3. The van der Waals surface area contributed by atoms with Crippen LogP contribution in [0.1, 0.15) is 31.4 Å². The smallest absolute Gasteiger partial charge is 0.216 e. The first kappa shape index (κ1) is 17.4. The summed E-state index contributed by atoms with van der Waals surface area (Å²) in [5.41, 5.74) is 1.08. The molecule has 1 unspecified atom stereocenters. The minimum atomic E-state index is -3.26. The maximum atomic E-state index is 12.3. The van der Waals surface area contributed by atoms with Gasteiger partial charge in [0.2, 0.25) is 10.0 Å². The third-order valence-corrected chi connectivity index (χ3v) is 6.22. The van der Waals surface area contributed by atoms with Gasteiger partial charge < -0.3 is 9.84 Å². The fourth-order valence-corrected chi connectivity index (χ4v) is 4.58. The van der Waals surface area contributed by atoms with E-state index in [0.29, 0.717) is 25.6 Å². The van der Waals surface area contributed by atoms with E-state index in [1.54, 1.807) is 17.4 Å². The van der Waals surface area contributed by atoms with Crippen molar-refractivity contribution >= 4 is 10.0 Å². The topological polar surface area (TPSA) is 84.7 Å². The van der Waals surface area contributed by atoms with Crippen molar-refractivity contribution in [2.75, 3.05) is 32.6 Å². The van der Waals surface area contributed by atoms with Crippen LogP contribution >= 0.6 is 0 Å². The minimum Gasteiger partial charge on any atom is -0.394 e. The minimum absolute atomic E-state index is 0.0244. The molecule has 22 heavy (non-hydrogen) atoms. The number of aliphatic hydroxyl groups is 1. The predicted molar refractivity (Wildman–Crippen MR) is 83.1 cm³/mol. The summed E-state index contributed by atoms with van der Waals surface area (Å²) in [6, 6.07) is 1.96. The molecule has 1 saturated heterocycles. The van der Waals surface area contributed by atoms with E-state index in [4.69, 9.17) is 9.84 Å². The molecule has 7 nitrogen and oxygen atoms in total. The molecule has 0 radical (unpaired) electrons. The van der Waals surface area contributed by atoms with E-state index in [1.165, 1.54) is 7.11 Å². The quantitative estimate of drug-likeness (QED) is 0.783. The van der Waals surface area contributed by atoms with Gasteiger partial charge in [-0.3, -0.25) is 4.68 Å². The molecule has 1 aromatic rings. The fourth-order valence-electron chi connectivity index (χ4n) is 2.87. The van der Waals surface area contributed by atoms with Crippen LogP contribution in [0.15, 0.2) is 12.3 Å². The molecule has 2 rings (SSSR count). The molecule has 1 fully saturated rings. The first-order chi connectivity index (χ1) is 10.5. The molecule has 0 aliphatic carbocycles. The Hall–Kier alpha value is -0.960. The fraction of sp³-hybridized carbons (Fsp3) is 0.786. The molecule has 8 heteroatoms. The Kier molecular flexibility index (Phi) is 5.96. The number of ether oxygens (including phenoxy) is 1. The monoisotopic (exact) mass is 331 g/mol. The number of hydrogen-bond acceptors (Lipinski definition) is 5. The highest BCUT2D eigenvalue weighted by Gasteiger charge is 2.30. The number of sulfonamides is 1. The van der Waals surface area contributed by atoms with Crippen molar-refractivity contribution in [1.29, 1.82) is 0 Å². The molecule has 0 amide bonds. The average molecular weight is 331 g/mol. The van der Waals surface area contributed by atoms with E-state index in [9.17, 15) is 8.42 Å². The summed E-state index contributed by atoms with van der Waals surface area (Å²) < 4.78 is 33.1. The van der Waals surface area contributed by atoms with Crippen molar-refractivity contribution in [3.8, 4) is 0 Å². The molecule has 1 aliphatic heterocycles. The lowest BCUT2D eigenvalue weighted by Gasteiger charge is -2.32. The number of piperidine rings is 1. The highest BCUT2D eigenvalue weighted by Crippen LogP contribution is 2.29. The lowest BCUT2D eigenvalue weighted by Crippen LogP contribution is -2.41. The van der Waals surface area contributed by atoms with Crippen molar-refractivity contribution in [3.63, 3.8) is 0 Å². The van der Waals surface area contributed by atoms with Gasteiger partial charge in [0, 0.05) is 38.0 Å². The summed E-state index contributed by atoms with van der Waals surface area (Å²) >= 11 is 0. The molecule has 2 heterocycles. The van der Waals surface area contributed by atoms with Crippen LogP contribution in [0.2, 0.25) is 0 Å². The second kappa shape index (κ2) is 7.54. The largest absolute Gasteiger partial charge is 0.394 e. The molecule has 1 aromatic heterocycles. The zero-order valence-electron chi connectivity index (χ0n) is 13.2. The SMILES string of the molecule is COC(C)CS(=O)(=O)N1CCC(c2ccnn2CCO)CC1. The molecule has 1 aliphatic rings. The van der Waals surface area contributed by atoms with Gasteiger partial charge in [0.15, 0.2) is 0 Å². The average Bonchev–Trinajstić information content (AvgIpc) is 2.95. The highest BCUT2D eigenvalue weighted by atomic mass is 32.2. The van der Waals surface area contributed by atoms with Crippen molar-refractivity contribution in [3.05, 3.63) is 18.0 Å². The number of rotatable bonds is 7. The molecule has 1 N–H and O–H groups in total. The maximum Gasteiger partial charge on any atom is 0.216 e. The van der Waals surface area contributed by atoms with Gasteiger partial charge in [-0.1, -0.05) is 0 Å². The van der Waals surface area contributed by atoms with E-state index < -0.39 is 10.0 Å². The van der Waals surface area contributed by atoms with Crippen molar-refractivity contribution in [2.45, 2.75) is 38.3 Å². The highest BCUT2D eigenvalue weighted by molar-refractivity contribution is 7.89. The van der Waals surface area contributed by atoms with Crippen molar-refractivity contribution in [1.82, 2.24) is 14.1 Å². The lowest BCUT2D eigenvalue weighted by molar-refractivity contribution is 0.134. The predicted octanol–water partition coefficient (Wildman–Crippen LogP) is 0.420. The number of aliphatic hydroxyl groups excluding tert-OH is 1. The van der Waals surface area contributed by atoms with Gasteiger partial charge in [-0.25, -0.2) is 12.7 Å². The standard InChI is InChI=1S/C14H25N3O4S/c1-12(21-2)11-22(19,20)16-7-4-13(5-8-16)14-3-6-15-17(14)9-10-18/h3,6,12-13,18H,4-5,7-11H2,1-2H3. The van der Waals surface area contributed by atoms with Crippen LogP contribution in [0.3, 0.4) is 0 Å². The zero-order chi connectivity index (χ0) is 16.2. The summed E-state index contributed by atoms with van der Waals surface area (Å²) in [6.45, 7) is 3.34. The zero-order valence-corrected chi connectivity index (χ0v) is 14.0. The Morgan fingerprint density at radius 2 is 2.14 bits per heavy atom. The Labute approximate surface area is 131 Å². The molecule has 0 spiro atoms. The summed E-state index contributed by atoms with van der Waals surface area (Å²) in [5.74, 6) is 0.316. The van der Waals surface area contributed by atoms with Crippen molar-refractivity contribution < 1.29 is 18.3 Å². The summed E-state index contributed by atoms with van der Waals surface area (Å²) in [6.07, 6.45) is 2.98. The normalized spacial score (nSPS) is 19.4. The van der Waals surface area contributed by atoms with Crippen LogP contribution in [0.25, 0.3) is 0 Å². The molecule has 0 bridgehead atoms. The summed E-state index contributed by atoms with van der Waals surface area (Å²) in [4.78, 5) is 0. The summed E-state index contributed by atoms with van der Waals surface area (Å²) in [5, 5.41) is 13.3. The van der Waals surface area contributed by atoms with Crippen LogP contribution in [-0.4, -0.2) is 66.3 Å². The van der Waals surface area contributed by atoms with Crippen molar-refractivity contribution in [2.24, 2.45) is 0 Å². The Morgan fingerprint density at radius 3 is 2.73 bits per heavy atom. The number of hydrogen-bond donors (Lipinski definition) is 1. The third-order valence-electron chi connectivity index (χ3n) is 4.17. The van der Waals surface area contributed by atoms with Gasteiger partial charge in [-0.2, -0.15) is 5.10 Å². The van der Waals surface area contributed by atoms with Crippen LogP contribution in [0.4, 0.5) is 0 Å². The van der Waals surface area contributed by atoms with E-state index >= 15 is 0 Å². The van der Waals surface area contributed by atoms with Gasteiger partial charge >= 0.3 is 0 Å². The second-order valence-corrected chi connectivity index (χ2v) is 7.71. The van der Waals surface area contributed by atoms with Crippen LogP contribution < -0.4 is 0 Å². The van der Waals surface area contributed by atoms with Gasteiger partial charge in [-0.05, 0) is 25.8 Å². The first-order valence-electron chi connectivity index (χ1n) is 7.61. The molecular weight excluding hydrogens is 306 g/mol. The van der Waals surface area contributed by atoms with Gasteiger partial charge in [-0.15, -0.1) is 0 Å². The van der Waals surface area contributed by atoms with E-state index in [0.717, 1.165) is 18.5 Å². The summed E-state index contributed by atoms with van der Waals surface area (Å²) in [7, 11) is -1.74. The molecule has 0 aromatic carbocycles. The molecular formula is C14H25N3O4S. The third kappa shape index (κ3) is 4.07. The molecule has 0 saturated carbocycles. The Balaban J connectivity index is 1.96. The van der Waals surface area contributed by atoms with Crippen LogP contribution in [0, 0.1) is 0 Å². The second-order valence-electron chi connectivity index (χ2n) is 5.70. The van der Waals surface area contributed by atoms with E-state index in [1.807, 2.05) is 10.7 Å². The first-order valence-corrected chi connectivity index (χ1v) is 9.22. The maximum absolute atomic E-state index is 12.3. The molecule has 1 atom stereocenters. The van der Waals surface area contributed by atoms with Crippen LogP contribution in [-0.2, 0) is 21.3 Å². The Morgan fingerprint density at radius 1 is 1.45 bits per heavy atom. The van der Waals surface area contributed by atoms with E-state index in [-0.39, 0.29) is 18.5 Å². The Bertz CT molecular complexity index is 564. The number of methoxy groups -OCH3 is 1.